The molecule has 0 saturated carbocycles. The summed E-state index contributed by atoms with van der Waals surface area (Å²) in [6.07, 6.45) is 3.52. The van der Waals surface area contributed by atoms with Gasteiger partial charge in [-0.2, -0.15) is 4.99 Å². The van der Waals surface area contributed by atoms with Crippen LogP contribution in [0.2, 0.25) is 0 Å². The maximum atomic E-state index is 7.66. The standard InChI is InChI=1S/C15H35N6/c1-7-12-21(6,8-2)13-10-9-11-20(5)15(17)18-14(16)19(3)4/h7-13H2,1-6H3,(H3,16,17,18)/q+1. The molecule has 1 unspecified atom stereocenters. The summed E-state index contributed by atoms with van der Waals surface area (Å²) in [5.41, 5.74) is 5.90. The number of nitrogens with one attached hydrogen (secondary N) is 1. The van der Waals surface area contributed by atoms with Crippen molar-refractivity contribution in [2.75, 3.05) is 54.4 Å². The Kier molecular flexibility index (Phi) is 9.01. The van der Waals surface area contributed by atoms with E-state index < -0.39 is 0 Å². The Morgan fingerprint density at radius 1 is 1.14 bits per heavy atom. The van der Waals surface area contributed by atoms with Gasteiger partial charge in [-0.25, -0.2) is 0 Å². The Hall–Kier alpha value is -1.30. The molecule has 0 aliphatic heterocycles. The van der Waals surface area contributed by atoms with Crippen molar-refractivity contribution in [2.24, 2.45) is 10.7 Å². The van der Waals surface area contributed by atoms with E-state index >= 15 is 0 Å². The van der Waals surface area contributed by atoms with Gasteiger partial charge < -0.3 is 20.0 Å². The Balaban J connectivity index is 4.15. The van der Waals surface area contributed by atoms with Crippen molar-refractivity contribution in [1.29, 1.82) is 5.41 Å². The van der Waals surface area contributed by atoms with Gasteiger partial charge in [0.15, 0.2) is 5.96 Å². The number of hydrogen-bond acceptors (Lipinski definition) is 1. The van der Waals surface area contributed by atoms with Gasteiger partial charge in [0, 0.05) is 27.7 Å². The minimum absolute atomic E-state index is 0.178. The van der Waals surface area contributed by atoms with Crippen LogP contribution in [0.25, 0.3) is 0 Å². The first-order chi connectivity index (χ1) is 9.75. The number of guanidine groups is 2. The lowest BCUT2D eigenvalue weighted by molar-refractivity contribution is -0.908. The highest BCUT2D eigenvalue weighted by molar-refractivity contribution is 5.92. The average molecular weight is 299 g/mol. The van der Waals surface area contributed by atoms with Crippen molar-refractivity contribution in [3.8, 4) is 0 Å². The number of unbranched alkanes of at least 4 members (excludes halogenated alkanes) is 1. The summed E-state index contributed by atoms with van der Waals surface area (Å²) in [6.45, 7) is 9.04. The molecule has 0 aromatic carbocycles. The molecule has 0 aromatic heterocycles. The third-order valence-electron chi connectivity index (χ3n) is 4.00. The van der Waals surface area contributed by atoms with Gasteiger partial charge >= 0.3 is 0 Å². The highest BCUT2D eigenvalue weighted by Gasteiger charge is 2.17. The summed E-state index contributed by atoms with van der Waals surface area (Å²) in [5, 5.41) is 7.66. The molecule has 0 bridgehead atoms. The summed E-state index contributed by atoms with van der Waals surface area (Å²) in [4.78, 5) is 7.63. The molecule has 0 aromatic rings. The zero-order valence-electron chi connectivity index (χ0n) is 14.8. The van der Waals surface area contributed by atoms with E-state index in [0.29, 0.717) is 5.96 Å². The number of rotatable bonds is 8. The number of hydrogen-bond donors (Lipinski definition) is 2. The van der Waals surface area contributed by atoms with Gasteiger partial charge in [0.25, 0.3) is 0 Å². The van der Waals surface area contributed by atoms with Crippen LogP contribution in [0.15, 0.2) is 4.99 Å². The van der Waals surface area contributed by atoms with Gasteiger partial charge in [-0.05, 0) is 26.2 Å². The molecule has 6 heteroatoms. The molecule has 1 atom stereocenters. The second-order valence-electron chi connectivity index (χ2n) is 6.20. The molecule has 0 saturated heterocycles. The molecule has 0 rings (SSSR count). The summed E-state index contributed by atoms with van der Waals surface area (Å²) < 4.78 is 1.15. The van der Waals surface area contributed by atoms with Crippen molar-refractivity contribution < 1.29 is 4.48 Å². The fraction of sp³-hybridized carbons (Fsp3) is 0.867. The van der Waals surface area contributed by atoms with Crippen LogP contribution in [0.5, 0.6) is 0 Å². The van der Waals surface area contributed by atoms with Crippen molar-refractivity contribution >= 4 is 11.9 Å². The smallest absolute Gasteiger partial charge is 0.220 e. The van der Waals surface area contributed by atoms with Crippen LogP contribution in [-0.4, -0.2) is 80.6 Å². The number of nitrogens with zero attached hydrogens (tertiary/aromatic N) is 4. The van der Waals surface area contributed by atoms with Gasteiger partial charge in [-0.3, -0.25) is 5.41 Å². The molecule has 0 heterocycles. The van der Waals surface area contributed by atoms with Crippen LogP contribution in [0.3, 0.4) is 0 Å². The predicted octanol–water partition coefficient (Wildman–Crippen LogP) is 1.39. The Bertz CT molecular complexity index is 339. The quantitative estimate of drug-likeness (QED) is 0.308. The SMILES string of the molecule is CCC[N+](C)(CC)CCCCN(C)/C(N)=N/C(=N)N(C)C. The highest BCUT2D eigenvalue weighted by Crippen LogP contribution is 2.07. The number of aliphatic imine (C=N–C) groups is 1. The van der Waals surface area contributed by atoms with E-state index in [0.717, 1.165) is 17.4 Å². The van der Waals surface area contributed by atoms with Gasteiger partial charge in [0.1, 0.15) is 0 Å². The van der Waals surface area contributed by atoms with Gasteiger partial charge in [0.2, 0.25) is 5.96 Å². The zero-order chi connectivity index (χ0) is 16.5. The second kappa shape index (κ2) is 9.60. The summed E-state index contributed by atoms with van der Waals surface area (Å²) in [5.74, 6) is 0.590. The van der Waals surface area contributed by atoms with E-state index in [1.54, 1.807) is 19.0 Å². The molecule has 0 radical (unpaired) electrons. The summed E-state index contributed by atoms with van der Waals surface area (Å²) in [7, 11) is 7.84. The average Bonchev–Trinajstić information content (AvgIpc) is 2.43. The monoisotopic (exact) mass is 299 g/mol. The maximum absolute atomic E-state index is 7.66. The third-order valence-corrected chi connectivity index (χ3v) is 4.00. The predicted molar refractivity (Wildman–Crippen MR) is 91.7 cm³/mol. The molecular formula is C15H35N6+. The second-order valence-corrected chi connectivity index (χ2v) is 6.20. The van der Waals surface area contributed by atoms with Crippen LogP contribution in [0, 0.1) is 5.41 Å². The van der Waals surface area contributed by atoms with Crippen LogP contribution >= 0.6 is 0 Å². The zero-order valence-corrected chi connectivity index (χ0v) is 14.8. The molecule has 0 spiro atoms. The lowest BCUT2D eigenvalue weighted by Gasteiger charge is -2.33. The van der Waals surface area contributed by atoms with Gasteiger partial charge in [-0.1, -0.05) is 6.92 Å². The molecule has 0 amide bonds. The molecule has 0 fully saturated rings. The van der Waals surface area contributed by atoms with Crippen molar-refractivity contribution in [1.82, 2.24) is 9.80 Å². The first-order valence-electron chi connectivity index (χ1n) is 7.90. The van der Waals surface area contributed by atoms with E-state index in [-0.39, 0.29) is 5.96 Å². The number of quaternary nitrogens is 1. The van der Waals surface area contributed by atoms with Crippen molar-refractivity contribution in [2.45, 2.75) is 33.1 Å². The third kappa shape index (κ3) is 7.90. The van der Waals surface area contributed by atoms with E-state index in [1.165, 1.54) is 32.5 Å². The van der Waals surface area contributed by atoms with Gasteiger partial charge in [0.05, 0.1) is 26.7 Å². The highest BCUT2D eigenvalue weighted by atomic mass is 15.3. The molecule has 6 nitrogen and oxygen atoms in total. The molecule has 0 aliphatic carbocycles. The largest absolute Gasteiger partial charge is 0.369 e. The van der Waals surface area contributed by atoms with E-state index in [1.807, 2.05) is 11.9 Å². The van der Waals surface area contributed by atoms with Crippen LogP contribution in [0.4, 0.5) is 0 Å². The lowest BCUT2D eigenvalue weighted by atomic mass is 10.2. The minimum atomic E-state index is 0.178. The lowest BCUT2D eigenvalue weighted by Crippen LogP contribution is -2.45. The molecular weight excluding hydrogens is 264 g/mol. The molecule has 21 heavy (non-hydrogen) atoms. The molecule has 3 N–H and O–H groups in total. The fourth-order valence-corrected chi connectivity index (χ4v) is 2.22. The first kappa shape index (κ1) is 19.7. The van der Waals surface area contributed by atoms with E-state index in [2.05, 4.69) is 25.9 Å². The van der Waals surface area contributed by atoms with Gasteiger partial charge in [-0.15, -0.1) is 0 Å². The Labute approximate surface area is 130 Å². The van der Waals surface area contributed by atoms with Crippen LogP contribution in [0.1, 0.15) is 33.1 Å². The molecule has 124 valence electrons. The Morgan fingerprint density at radius 2 is 1.76 bits per heavy atom. The van der Waals surface area contributed by atoms with Crippen molar-refractivity contribution in [3.63, 3.8) is 0 Å². The fourth-order valence-electron chi connectivity index (χ4n) is 2.22. The first-order valence-corrected chi connectivity index (χ1v) is 7.90. The molecule has 0 aliphatic rings. The van der Waals surface area contributed by atoms with Crippen LogP contribution in [-0.2, 0) is 0 Å². The summed E-state index contributed by atoms with van der Waals surface area (Å²) >= 11 is 0. The number of nitrogens with two attached hydrogens (primary N) is 1. The van der Waals surface area contributed by atoms with E-state index in [4.69, 9.17) is 11.1 Å². The topological polar surface area (TPSA) is 68.7 Å². The minimum Gasteiger partial charge on any atom is -0.369 e. The van der Waals surface area contributed by atoms with Crippen LogP contribution < -0.4 is 5.73 Å². The van der Waals surface area contributed by atoms with Crippen molar-refractivity contribution in [3.05, 3.63) is 0 Å². The van der Waals surface area contributed by atoms with E-state index in [9.17, 15) is 0 Å². The summed E-state index contributed by atoms with van der Waals surface area (Å²) in [6, 6.07) is 0. The normalized spacial score (nSPS) is 14.7. The maximum Gasteiger partial charge on any atom is 0.220 e. The Morgan fingerprint density at radius 3 is 2.24 bits per heavy atom.